The van der Waals surface area contributed by atoms with Crippen molar-refractivity contribution in [1.82, 2.24) is 0 Å². The molecule has 4 nitrogen and oxygen atoms in total. The van der Waals surface area contributed by atoms with E-state index in [0.29, 0.717) is 5.56 Å². The lowest BCUT2D eigenvalue weighted by molar-refractivity contribution is -0.145. The van der Waals surface area contributed by atoms with Gasteiger partial charge in [-0.15, -0.1) is 0 Å². The minimum atomic E-state index is -4.55. The van der Waals surface area contributed by atoms with Gasteiger partial charge >= 0.3 is 12.1 Å². The molecule has 0 bridgehead atoms. The molecule has 0 amide bonds. The van der Waals surface area contributed by atoms with E-state index in [-0.39, 0.29) is 5.56 Å². The zero-order chi connectivity index (χ0) is 15.5. The van der Waals surface area contributed by atoms with Crippen LogP contribution in [0.2, 0.25) is 0 Å². The molecular formula is C13H15F3O4. The Balaban J connectivity index is 3.03. The summed E-state index contributed by atoms with van der Waals surface area (Å²) in [6.45, 7) is 1.50. The number of halogens is 3. The first-order chi connectivity index (χ1) is 9.16. The molecule has 0 spiro atoms. The van der Waals surface area contributed by atoms with E-state index in [1.807, 2.05) is 0 Å². The Bertz CT molecular complexity index is 485. The van der Waals surface area contributed by atoms with Crippen LogP contribution < -0.4 is 0 Å². The van der Waals surface area contributed by atoms with Crippen molar-refractivity contribution in [1.29, 1.82) is 0 Å². The Morgan fingerprint density at radius 2 is 1.95 bits per heavy atom. The normalized spacial score (nSPS) is 14.8. The average molecular weight is 292 g/mol. The number of hydrogen-bond acceptors (Lipinski definition) is 4. The van der Waals surface area contributed by atoms with Crippen molar-refractivity contribution in [3.05, 3.63) is 34.9 Å². The third-order valence-electron chi connectivity index (χ3n) is 2.89. The van der Waals surface area contributed by atoms with E-state index in [0.717, 1.165) is 19.2 Å². The number of aryl methyl sites for hydroxylation is 1. The van der Waals surface area contributed by atoms with Crippen molar-refractivity contribution in [3.63, 3.8) is 0 Å². The van der Waals surface area contributed by atoms with Gasteiger partial charge in [-0.3, -0.25) is 4.79 Å². The quantitative estimate of drug-likeness (QED) is 0.833. The SMILES string of the molecule is COC(=O)CC(O)C(O)c1cc(C(F)(F)F)ccc1C. The van der Waals surface area contributed by atoms with Crippen LogP contribution >= 0.6 is 0 Å². The summed E-state index contributed by atoms with van der Waals surface area (Å²) in [5.41, 5.74) is -0.618. The number of methoxy groups -OCH3 is 1. The molecule has 1 aromatic rings. The van der Waals surface area contributed by atoms with E-state index in [1.165, 1.54) is 13.0 Å². The maximum atomic E-state index is 12.6. The van der Waals surface area contributed by atoms with Crippen molar-refractivity contribution < 1.29 is 32.9 Å². The van der Waals surface area contributed by atoms with Crippen LogP contribution in [0.5, 0.6) is 0 Å². The van der Waals surface area contributed by atoms with Gasteiger partial charge in [0.15, 0.2) is 0 Å². The van der Waals surface area contributed by atoms with Crippen LogP contribution in [0, 0.1) is 6.92 Å². The fraction of sp³-hybridized carbons (Fsp3) is 0.462. The van der Waals surface area contributed by atoms with Crippen molar-refractivity contribution in [2.75, 3.05) is 7.11 Å². The molecule has 0 saturated carbocycles. The van der Waals surface area contributed by atoms with Gasteiger partial charge in [0.1, 0.15) is 6.10 Å². The summed E-state index contributed by atoms with van der Waals surface area (Å²) < 4.78 is 42.2. The third-order valence-corrected chi connectivity index (χ3v) is 2.89. The van der Waals surface area contributed by atoms with E-state index >= 15 is 0 Å². The third kappa shape index (κ3) is 3.94. The second-order valence-electron chi connectivity index (χ2n) is 4.36. The van der Waals surface area contributed by atoms with Gasteiger partial charge < -0.3 is 14.9 Å². The maximum Gasteiger partial charge on any atom is 0.416 e. The topological polar surface area (TPSA) is 66.8 Å². The minimum Gasteiger partial charge on any atom is -0.469 e. The number of alkyl halides is 3. The summed E-state index contributed by atoms with van der Waals surface area (Å²) in [7, 11) is 1.11. The van der Waals surface area contributed by atoms with Gasteiger partial charge in [0.2, 0.25) is 0 Å². The lowest BCUT2D eigenvalue weighted by Gasteiger charge is -2.20. The first kappa shape index (κ1) is 16.5. The molecule has 1 rings (SSSR count). The smallest absolute Gasteiger partial charge is 0.416 e. The predicted molar refractivity (Wildman–Crippen MR) is 63.8 cm³/mol. The Morgan fingerprint density at radius 3 is 2.45 bits per heavy atom. The molecule has 2 unspecified atom stereocenters. The zero-order valence-electron chi connectivity index (χ0n) is 10.9. The molecule has 0 aliphatic heterocycles. The van der Waals surface area contributed by atoms with Crippen LogP contribution in [0.25, 0.3) is 0 Å². The van der Waals surface area contributed by atoms with Crippen molar-refractivity contribution in [3.8, 4) is 0 Å². The molecule has 0 aromatic heterocycles. The Kier molecular flexibility index (Phi) is 5.13. The molecule has 0 saturated heterocycles. The summed E-state index contributed by atoms with van der Waals surface area (Å²) in [5, 5.41) is 19.5. The fourth-order valence-electron chi connectivity index (χ4n) is 1.71. The van der Waals surface area contributed by atoms with Gasteiger partial charge in [-0.2, -0.15) is 13.2 Å². The van der Waals surface area contributed by atoms with E-state index in [4.69, 9.17) is 0 Å². The zero-order valence-corrected chi connectivity index (χ0v) is 10.9. The van der Waals surface area contributed by atoms with Crippen molar-refractivity contribution in [2.45, 2.75) is 31.7 Å². The van der Waals surface area contributed by atoms with Gasteiger partial charge in [0, 0.05) is 0 Å². The lowest BCUT2D eigenvalue weighted by atomic mass is 9.95. The first-order valence-electron chi connectivity index (χ1n) is 5.77. The van der Waals surface area contributed by atoms with Gasteiger partial charge in [-0.05, 0) is 30.2 Å². The second kappa shape index (κ2) is 6.23. The monoisotopic (exact) mass is 292 g/mol. The second-order valence-corrected chi connectivity index (χ2v) is 4.36. The number of esters is 1. The van der Waals surface area contributed by atoms with Crippen LogP contribution in [0.4, 0.5) is 13.2 Å². The minimum absolute atomic E-state index is 0.0729. The summed E-state index contributed by atoms with van der Waals surface area (Å²) in [4.78, 5) is 11.0. The summed E-state index contributed by atoms with van der Waals surface area (Å²) in [5.74, 6) is -0.763. The first-order valence-corrected chi connectivity index (χ1v) is 5.77. The van der Waals surface area contributed by atoms with Crippen LogP contribution in [0.15, 0.2) is 18.2 Å². The Labute approximate surface area is 113 Å². The molecule has 112 valence electrons. The number of aliphatic hydroxyl groups excluding tert-OH is 2. The highest BCUT2D eigenvalue weighted by molar-refractivity contribution is 5.69. The van der Waals surface area contributed by atoms with E-state index in [9.17, 15) is 28.2 Å². The molecule has 0 heterocycles. The predicted octanol–water partition coefficient (Wildman–Crippen LogP) is 1.97. The van der Waals surface area contributed by atoms with Gasteiger partial charge in [-0.25, -0.2) is 0 Å². The fourth-order valence-corrected chi connectivity index (χ4v) is 1.71. The number of benzene rings is 1. The van der Waals surface area contributed by atoms with Crippen LogP contribution in [-0.4, -0.2) is 29.4 Å². The number of hydrogen-bond donors (Lipinski definition) is 2. The molecule has 0 aliphatic carbocycles. The van der Waals surface area contributed by atoms with Gasteiger partial charge in [-0.1, -0.05) is 6.07 Å². The molecule has 2 N–H and O–H groups in total. The average Bonchev–Trinajstić information content (AvgIpc) is 2.36. The molecule has 0 aliphatic rings. The Morgan fingerprint density at radius 1 is 1.35 bits per heavy atom. The number of rotatable bonds is 4. The van der Waals surface area contributed by atoms with Crippen molar-refractivity contribution in [2.24, 2.45) is 0 Å². The summed E-state index contributed by atoms with van der Waals surface area (Å²) >= 11 is 0. The maximum absolute atomic E-state index is 12.6. The number of ether oxygens (including phenoxy) is 1. The molecule has 7 heteroatoms. The molecule has 0 radical (unpaired) electrons. The standard InChI is InChI=1S/C13H15F3O4/c1-7-3-4-8(13(14,15)16)5-9(7)12(19)10(17)6-11(18)20-2/h3-5,10,12,17,19H,6H2,1-2H3. The van der Waals surface area contributed by atoms with Crippen LogP contribution in [0.3, 0.4) is 0 Å². The highest BCUT2D eigenvalue weighted by Crippen LogP contribution is 2.33. The van der Waals surface area contributed by atoms with Crippen LogP contribution in [-0.2, 0) is 15.7 Å². The van der Waals surface area contributed by atoms with Gasteiger partial charge in [0.25, 0.3) is 0 Å². The van der Waals surface area contributed by atoms with Crippen molar-refractivity contribution >= 4 is 5.97 Å². The highest BCUT2D eigenvalue weighted by atomic mass is 19.4. The summed E-state index contributed by atoms with van der Waals surface area (Å²) in [6.07, 6.45) is -8.19. The largest absolute Gasteiger partial charge is 0.469 e. The molecule has 1 aromatic carbocycles. The number of carbonyl (C=O) groups is 1. The molecular weight excluding hydrogens is 277 g/mol. The lowest BCUT2D eigenvalue weighted by Crippen LogP contribution is -2.23. The number of aliphatic hydroxyl groups is 2. The highest BCUT2D eigenvalue weighted by Gasteiger charge is 2.32. The van der Waals surface area contributed by atoms with E-state index in [1.54, 1.807) is 0 Å². The molecule has 20 heavy (non-hydrogen) atoms. The summed E-state index contributed by atoms with van der Waals surface area (Å²) in [6, 6.07) is 2.85. The number of carbonyl (C=O) groups excluding carboxylic acids is 1. The molecule has 2 atom stereocenters. The van der Waals surface area contributed by atoms with Gasteiger partial charge in [0.05, 0.1) is 25.2 Å². The van der Waals surface area contributed by atoms with Crippen LogP contribution in [0.1, 0.15) is 29.2 Å². The Hall–Kier alpha value is -1.60. The molecule has 0 fully saturated rings. The van der Waals surface area contributed by atoms with E-state index < -0.39 is 36.3 Å². The van der Waals surface area contributed by atoms with E-state index in [2.05, 4.69) is 4.74 Å².